The molecule has 0 spiro atoms. The highest BCUT2D eigenvalue weighted by atomic mass is 19.1. The maximum absolute atomic E-state index is 13.1. The zero-order valence-electron chi connectivity index (χ0n) is 7.48. The smallest absolute Gasteiger partial charge is 0.157 e. The topological polar surface area (TPSA) is 53.4 Å². The summed E-state index contributed by atoms with van der Waals surface area (Å²) in [6.45, 7) is 0. The summed E-state index contributed by atoms with van der Waals surface area (Å²) in [7, 11) is 0. The van der Waals surface area contributed by atoms with Gasteiger partial charge in [-0.05, 0) is 12.1 Å². The maximum Gasteiger partial charge on any atom is 0.157 e. The van der Waals surface area contributed by atoms with E-state index in [0.717, 1.165) is 12.1 Å². The second-order valence-corrected chi connectivity index (χ2v) is 2.73. The van der Waals surface area contributed by atoms with Gasteiger partial charge in [-0.15, -0.1) is 10.2 Å². The van der Waals surface area contributed by atoms with Crippen molar-refractivity contribution in [3.05, 3.63) is 42.2 Å². The van der Waals surface area contributed by atoms with Crippen LogP contribution in [0.3, 0.4) is 0 Å². The standard InChI is InChI=1S/C9H6F2N4/c10-7-2-1-3-8(11)9(7)15-14-6-4-12-13-5-6/h1-5H,(H,12,13). The zero-order valence-corrected chi connectivity index (χ0v) is 7.48. The molecule has 0 fully saturated rings. The maximum atomic E-state index is 13.1. The van der Waals surface area contributed by atoms with Crippen LogP contribution >= 0.6 is 0 Å². The largest absolute Gasteiger partial charge is 0.283 e. The van der Waals surface area contributed by atoms with Gasteiger partial charge in [-0.2, -0.15) is 5.10 Å². The molecule has 0 atom stereocenters. The summed E-state index contributed by atoms with van der Waals surface area (Å²) in [5, 5.41) is 13.2. The van der Waals surface area contributed by atoms with Crippen molar-refractivity contribution in [1.29, 1.82) is 0 Å². The fourth-order valence-electron chi connectivity index (χ4n) is 0.991. The second-order valence-electron chi connectivity index (χ2n) is 2.73. The van der Waals surface area contributed by atoms with Gasteiger partial charge in [0.15, 0.2) is 17.3 Å². The van der Waals surface area contributed by atoms with Crippen LogP contribution in [0, 0.1) is 11.6 Å². The molecule has 1 aromatic carbocycles. The van der Waals surface area contributed by atoms with Gasteiger partial charge >= 0.3 is 0 Å². The molecule has 0 unspecified atom stereocenters. The van der Waals surface area contributed by atoms with Crippen LogP contribution in [-0.4, -0.2) is 10.2 Å². The summed E-state index contributed by atoms with van der Waals surface area (Å²) in [5.41, 5.74) is -0.00338. The van der Waals surface area contributed by atoms with E-state index < -0.39 is 17.3 Å². The number of azo groups is 1. The summed E-state index contributed by atoms with van der Waals surface area (Å²) in [4.78, 5) is 0. The number of H-pyrrole nitrogens is 1. The van der Waals surface area contributed by atoms with Gasteiger partial charge in [0.2, 0.25) is 0 Å². The Morgan fingerprint density at radius 2 is 1.87 bits per heavy atom. The molecule has 1 N–H and O–H groups in total. The number of nitrogens with zero attached hydrogens (tertiary/aromatic N) is 3. The van der Waals surface area contributed by atoms with Gasteiger partial charge in [0, 0.05) is 6.20 Å². The van der Waals surface area contributed by atoms with Crippen LogP contribution in [-0.2, 0) is 0 Å². The number of nitrogens with one attached hydrogen (secondary N) is 1. The minimum absolute atomic E-state index is 0.401. The van der Waals surface area contributed by atoms with Gasteiger partial charge < -0.3 is 0 Å². The molecule has 1 aromatic heterocycles. The highest BCUT2D eigenvalue weighted by Crippen LogP contribution is 2.23. The number of rotatable bonds is 2. The van der Waals surface area contributed by atoms with Crippen molar-refractivity contribution in [2.75, 3.05) is 0 Å². The van der Waals surface area contributed by atoms with E-state index in [1.807, 2.05) is 0 Å². The third-order valence-corrected chi connectivity index (χ3v) is 1.69. The number of hydrogen-bond donors (Lipinski definition) is 1. The van der Waals surface area contributed by atoms with E-state index >= 15 is 0 Å². The first-order valence-corrected chi connectivity index (χ1v) is 4.12. The molecule has 4 nitrogen and oxygen atoms in total. The molecular formula is C9H6F2N4. The fraction of sp³-hybridized carbons (Fsp3) is 0. The van der Waals surface area contributed by atoms with Crippen LogP contribution in [0.2, 0.25) is 0 Å². The Bertz CT molecular complexity index is 459. The Balaban J connectivity index is 2.32. The van der Waals surface area contributed by atoms with Crippen molar-refractivity contribution in [3.63, 3.8) is 0 Å². The molecular weight excluding hydrogens is 202 g/mol. The molecule has 0 saturated heterocycles. The molecule has 1 heterocycles. The molecule has 0 aliphatic rings. The summed E-state index contributed by atoms with van der Waals surface area (Å²) >= 11 is 0. The highest BCUT2D eigenvalue weighted by Gasteiger charge is 2.06. The van der Waals surface area contributed by atoms with E-state index in [1.165, 1.54) is 18.5 Å². The molecule has 2 aromatic rings. The molecule has 6 heteroatoms. The average molecular weight is 208 g/mol. The van der Waals surface area contributed by atoms with Crippen LogP contribution in [0.15, 0.2) is 40.8 Å². The summed E-state index contributed by atoms with van der Waals surface area (Å²) in [6, 6.07) is 3.50. The van der Waals surface area contributed by atoms with Crippen molar-refractivity contribution in [2.45, 2.75) is 0 Å². The van der Waals surface area contributed by atoms with Gasteiger partial charge in [0.25, 0.3) is 0 Å². The first-order chi connectivity index (χ1) is 7.27. The average Bonchev–Trinajstić information content (AvgIpc) is 2.70. The van der Waals surface area contributed by atoms with E-state index in [0.29, 0.717) is 5.69 Å². The Morgan fingerprint density at radius 3 is 2.47 bits per heavy atom. The van der Waals surface area contributed by atoms with Crippen molar-refractivity contribution in [3.8, 4) is 0 Å². The fourth-order valence-corrected chi connectivity index (χ4v) is 0.991. The first-order valence-electron chi connectivity index (χ1n) is 4.12. The van der Waals surface area contributed by atoms with Gasteiger partial charge in [-0.1, -0.05) is 6.07 Å². The van der Waals surface area contributed by atoms with Crippen molar-refractivity contribution < 1.29 is 8.78 Å². The number of hydrogen-bond acceptors (Lipinski definition) is 3. The molecule has 15 heavy (non-hydrogen) atoms. The van der Waals surface area contributed by atoms with Crippen LogP contribution in [0.25, 0.3) is 0 Å². The van der Waals surface area contributed by atoms with Crippen LogP contribution in [0.5, 0.6) is 0 Å². The number of halogens is 2. The van der Waals surface area contributed by atoms with Gasteiger partial charge in [-0.3, -0.25) is 5.10 Å². The lowest BCUT2D eigenvalue weighted by molar-refractivity contribution is 0.585. The van der Waals surface area contributed by atoms with Crippen molar-refractivity contribution in [2.24, 2.45) is 10.2 Å². The Morgan fingerprint density at radius 1 is 1.13 bits per heavy atom. The number of benzene rings is 1. The van der Waals surface area contributed by atoms with Gasteiger partial charge in [0.1, 0.15) is 5.69 Å². The van der Waals surface area contributed by atoms with E-state index in [1.54, 1.807) is 0 Å². The van der Waals surface area contributed by atoms with Crippen molar-refractivity contribution in [1.82, 2.24) is 10.2 Å². The predicted octanol–water partition coefficient (Wildman–Crippen LogP) is 3.10. The SMILES string of the molecule is Fc1cccc(F)c1N=Nc1cn[nH]c1. The molecule has 2 rings (SSSR count). The van der Waals surface area contributed by atoms with E-state index in [4.69, 9.17) is 0 Å². The van der Waals surface area contributed by atoms with Gasteiger partial charge in [0.05, 0.1) is 6.20 Å². The molecule has 0 amide bonds. The monoisotopic (exact) mass is 208 g/mol. The summed E-state index contributed by atoms with van der Waals surface area (Å²) in [5.74, 6) is -1.50. The summed E-state index contributed by atoms with van der Waals surface area (Å²) in [6.07, 6.45) is 2.85. The predicted molar refractivity (Wildman–Crippen MR) is 49.1 cm³/mol. The Kier molecular flexibility index (Phi) is 2.49. The second kappa shape index (κ2) is 3.95. The molecule has 0 radical (unpaired) electrons. The first kappa shape index (κ1) is 9.45. The van der Waals surface area contributed by atoms with E-state index in [2.05, 4.69) is 20.4 Å². The van der Waals surface area contributed by atoms with Crippen LogP contribution in [0.4, 0.5) is 20.2 Å². The van der Waals surface area contributed by atoms with Crippen LogP contribution in [0.1, 0.15) is 0 Å². The number of aromatic nitrogens is 2. The Labute approximate surface area is 83.7 Å². The molecule has 0 aliphatic heterocycles. The molecule has 0 saturated carbocycles. The lowest BCUT2D eigenvalue weighted by atomic mass is 10.3. The van der Waals surface area contributed by atoms with Crippen LogP contribution < -0.4 is 0 Å². The lowest BCUT2D eigenvalue weighted by Gasteiger charge is -1.95. The lowest BCUT2D eigenvalue weighted by Crippen LogP contribution is -1.79. The normalized spacial score (nSPS) is 11.1. The number of aromatic amines is 1. The van der Waals surface area contributed by atoms with E-state index in [-0.39, 0.29) is 0 Å². The molecule has 0 bridgehead atoms. The minimum atomic E-state index is -0.748. The minimum Gasteiger partial charge on any atom is -0.283 e. The zero-order chi connectivity index (χ0) is 10.7. The third kappa shape index (κ3) is 2.04. The molecule has 0 aliphatic carbocycles. The molecule has 76 valence electrons. The Hall–Kier alpha value is -2.11. The quantitative estimate of drug-likeness (QED) is 0.757. The third-order valence-electron chi connectivity index (χ3n) is 1.69. The van der Waals surface area contributed by atoms with E-state index in [9.17, 15) is 8.78 Å². The summed E-state index contributed by atoms with van der Waals surface area (Å²) < 4.78 is 26.1. The van der Waals surface area contributed by atoms with Gasteiger partial charge in [-0.25, -0.2) is 8.78 Å². The highest BCUT2D eigenvalue weighted by molar-refractivity contribution is 5.40. The van der Waals surface area contributed by atoms with Crippen molar-refractivity contribution >= 4 is 11.4 Å².